The van der Waals surface area contributed by atoms with Crippen LogP contribution in [0.3, 0.4) is 0 Å². The smallest absolute Gasteiger partial charge is 0.394 e. The number of amides is 4. The number of carboxylic acids is 1. The third-order valence-corrected chi connectivity index (χ3v) is 3.94. The topological polar surface area (TPSA) is 171 Å². The van der Waals surface area contributed by atoms with E-state index in [-0.39, 0.29) is 25.9 Å². The third-order valence-electron chi connectivity index (χ3n) is 3.94. The lowest BCUT2D eigenvalue weighted by atomic mass is 10.1. The summed E-state index contributed by atoms with van der Waals surface area (Å²) < 4.78 is 0. The largest absolute Gasteiger partial charge is 0.474 e. The molecule has 0 bridgehead atoms. The van der Waals surface area contributed by atoms with E-state index < -0.39 is 35.6 Å². The summed E-state index contributed by atoms with van der Waals surface area (Å²) in [6.07, 6.45) is 1.75. The van der Waals surface area contributed by atoms with Crippen molar-refractivity contribution in [3.05, 3.63) is 42.5 Å². The van der Waals surface area contributed by atoms with Crippen molar-refractivity contribution >= 4 is 41.6 Å². The Kier molecular flexibility index (Phi) is 10.7. The number of aldehydes is 1. The molecule has 1 aromatic rings. The van der Waals surface area contributed by atoms with Crippen LogP contribution in [0.5, 0.6) is 0 Å². The molecule has 4 amide bonds. The van der Waals surface area contributed by atoms with Crippen LogP contribution in [0.2, 0.25) is 0 Å². The maximum atomic E-state index is 12.3. The number of carbonyl (C=O) groups excluding carboxylic acids is 5. The Bertz CT molecular complexity index is 836. The summed E-state index contributed by atoms with van der Waals surface area (Å²) in [5.74, 6) is -4.18. The summed E-state index contributed by atoms with van der Waals surface area (Å²) in [6, 6.07) is 5.34. The third kappa shape index (κ3) is 9.83. The van der Waals surface area contributed by atoms with Crippen LogP contribution in [0.15, 0.2) is 36.9 Å². The van der Waals surface area contributed by atoms with Crippen molar-refractivity contribution in [3.63, 3.8) is 0 Å². The average molecular weight is 432 g/mol. The van der Waals surface area contributed by atoms with Crippen molar-refractivity contribution in [3.8, 4) is 0 Å². The normalized spacial score (nSPS) is 10.8. The van der Waals surface area contributed by atoms with Crippen LogP contribution in [-0.2, 0) is 35.2 Å². The number of nitrogens with one attached hydrogen (secondary N) is 4. The molecule has 166 valence electrons. The number of hydrogen-bond acceptors (Lipinski definition) is 6. The van der Waals surface area contributed by atoms with E-state index in [2.05, 4.69) is 27.8 Å². The summed E-state index contributed by atoms with van der Waals surface area (Å²) in [5.41, 5.74) is 1.13. The summed E-state index contributed by atoms with van der Waals surface area (Å²) >= 11 is 0. The molecule has 11 heteroatoms. The highest BCUT2D eigenvalue weighted by Gasteiger charge is 2.20. The Hall–Kier alpha value is -4.02. The molecule has 0 spiro atoms. The van der Waals surface area contributed by atoms with Crippen molar-refractivity contribution in [1.82, 2.24) is 16.0 Å². The molecule has 1 aromatic carbocycles. The van der Waals surface area contributed by atoms with Crippen molar-refractivity contribution in [2.24, 2.45) is 0 Å². The first-order chi connectivity index (χ1) is 14.8. The van der Waals surface area contributed by atoms with Gasteiger partial charge in [-0.2, -0.15) is 0 Å². The van der Waals surface area contributed by atoms with Gasteiger partial charge >= 0.3 is 11.9 Å². The van der Waals surface area contributed by atoms with Gasteiger partial charge in [-0.25, -0.2) is 4.79 Å². The summed E-state index contributed by atoms with van der Waals surface area (Å²) in [6.45, 7) is 3.57. The van der Waals surface area contributed by atoms with E-state index in [4.69, 9.17) is 5.11 Å². The number of carboxylic acid groups (broad SMARTS) is 1. The summed E-state index contributed by atoms with van der Waals surface area (Å²) in [7, 11) is 0. The molecule has 0 aliphatic heterocycles. The highest BCUT2D eigenvalue weighted by molar-refractivity contribution is 6.36. The minimum absolute atomic E-state index is 0.0625. The summed E-state index contributed by atoms with van der Waals surface area (Å²) in [4.78, 5) is 67.6. The fraction of sp³-hybridized carbons (Fsp3) is 0.300. The molecule has 0 aliphatic carbocycles. The maximum Gasteiger partial charge on any atom is 0.394 e. The Morgan fingerprint density at radius 3 is 2.29 bits per heavy atom. The molecular weight excluding hydrogens is 408 g/mol. The molecule has 11 nitrogen and oxygen atoms in total. The van der Waals surface area contributed by atoms with E-state index in [0.29, 0.717) is 18.4 Å². The fourth-order valence-electron chi connectivity index (χ4n) is 2.36. The lowest BCUT2D eigenvalue weighted by Crippen LogP contribution is -2.47. The van der Waals surface area contributed by atoms with Crippen LogP contribution in [0.1, 0.15) is 18.4 Å². The van der Waals surface area contributed by atoms with Gasteiger partial charge in [0, 0.05) is 31.6 Å². The molecule has 0 unspecified atom stereocenters. The van der Waals surface area contributed by atoms with Crippen LogP contribution in [-0.4, -0.2) is 60.1 Å². The second kappa shape index (κ2) is 13.2. The van der Waals surface area contributed by atoms with E-state index in [0.717, 1.165) is 11.6 Å². The van der Waals surface area contributed by atoms with Gasteiger partial charge in [-0.05, 0) is 30.2 Å². The molecule has 0 aromatic heterocycles. The zero-order valence-corrected chi connectivity index (χ0v) is 16.7. The van der Waals surface area contributed by atoms with Gasteiger partial charge in [0.05, 0.1) is 0 Å². The predicted octanol–water partition coefficient (Wildman–Crippen LogP) is -0.865. The SMILES string of the molecule is C=CC(=O)NCCC(=O)N[C@@H](CC=O)C(=O)NCCc1ccc(NC(=O)C(=O)O)cc1. The highest BCUT2D eigenvalue weighted by atomic mass is 16.4. The standard InChI is InChI=1S/C20H24N4O7/c1-2-16(26)21-11-8-17(27)24-15(9-12-25)18(28)22-10-7-13-3-5-14(6-4-13)23-19(29)20(30)31/h2-6,12,15H,1,7-11H2,(H,21,26)(H,22,28)(H,23,29)(H,24,27)(H,30,31)/t15-/m0/s1. The molecule has 0 heterocycles. The Morgan fingerprint density at radius 2 is 1.71 bits per heavy atom. The molecule has 0 saturated heterocycles. The van der Waals surface area contributed by atoms with Crippen LogP contribution < -0.4 is 21.3 Å². The highest BCUT2D eigenvalue weighted by Crippen LogP contribution is 2.09. The van der Waals surface area contributed by atoms with Gasteiger partial charge in [-0.3, -0.25) is 19.2 Å². The summed E-state index contributed by atoms with van der Waals surface area (Å²) in [5, 5.41) is 18.3. The van der Waals surface area contributed by atoms with Crippen LogP contribution in [0, 0.1) is 0 Å². The van der Waals surface area contributed by atoms with E-state index in [1.54, 1.807) is 12.1 Å². The number of carbonyl (C=O) groups is 6. The number of aliphatic carboxylic acids is 1. The molecule has 5 N–H and O–H groups in total. The van der Waals surface area contributed by atoms with Crippen LogP contribution in [0.25, 0.3) is 0 Å². The zero-order valence-electron chi connectivity index (χ0n) is 16.7. The lowest BCUT2D eigenvalue weighted by Gasteiger charge is -2.16. The zero-order chi connectivity index (χ0) is 23.2. The monoisotopic (exact) mass is 432 g/mol. The van der Waals surface area contributed by atoms with Crippen LogP contribution in [0.4, 0.5) is 5.69 Å². The fourth-order valence-corrected chi connectivity index (χ4v) is 2.36. The second-order valence-electron chi connectivity index (χ2n) is 6.26. The van der Waals surface area contributed by atoms with Crippen LogP contribution >= 0.6 is 0 Å². The minimum Gasteiger partial charge on any atom is -0.474 e. The molecule has 31 heavy (non-hydrogen) atoms. The van der Waals surface area contributed by atoms with Gasteiger partial charge in [0.15, 0.2) is 0 Å². The van der Waals surface area contributed by atoms with E-state index in [1.165, 1.54) is 12.1 Å². The molecule has 0 aliphatic rings. The number of hydrogen-bond donors (Lipinski definition) is 5. The molecule has 0 saturated carbocycles. The first-order valence-corrected chi connectivity index (χ1v) is 9.31. The predicted molar refractivity (Wildman–Crippen MR) is 110 cm³/mol. The van der Waals surface area contributed by atoms with E-state index >= 15 is 0 Å². The number of rotatable bonds is 12. The lowest BCUT2D eigenvalue weighted by molar-refractivity contribution is -0.147. The average Bonchev–Trinajstić information content (AvgIpc) is 2.74. The van der Waals surface area contributed by atoms with Crippen molar-refractivity contribution in [2.75, 3.05) is 18.4 Å². The van der Waals surface area contributed by atoms with Crippen molar-refractivity contribution in [1.29, 1.82) is 0 Å². The van der Waals surface area contributed by atoms with Gasteiger partial charge < -0.3 is 31.2 Å². The number of anilines is 1. The molecule has 0 fully saturated rings. The minimum atomic E-state index is -1.59. The second-order valence-corrected chi connectivity index (χ2v) is 6.26. The van der Waals surface area contributed by atoms with E-state index in [1.807, 2.05) is 0 Å². The van der Waals surface area contributed by atoms with Crippen molar-refractivity contribution in [2.45, 2.75) is 25.3 Å². The van der Waals surface area contributed by atoms with Gasteiger partial charge in [-0.1, -0.05) is 18.7 Å². The Balaban J connectivity index is 2.46. The number of benzene rings is 1. The first kappa shape index (κ1) is 25.0. The quantitative estimate of drug-likeness (QED) is 0.162. The maximum absolute atomic E-state index is 12.3. The molecule has 0 radical (unpaired) electrons. The molecule has 1 rings (SSSR count). The first-order valence-electron chi connectivity index (χ1n) is 9.31. The van der Waals surface area contributed by atoms with Gasteiger partial charge in [0.1, 0.15) is 12.3 Å². The van der Waals surface area contributed by atoms with Gasteiger partial charge in [0.2, 0.25) is 17.7 Å². The molecular formula is C20H24N4O7. The Morgan fingerprint density at radius 1 is 1.03 bits per heavy atom. The molecule has 1 atom stereocenters. The van der Waals surface area contributed by atoms with Crippen molar-refractivity contribution < 1.29 is 33.9 Å². The Labute approximate surface area is 178 Å². The van der Waals surface area contributed by atoms with Gasteiger partial charge in [0.25, 0.3) is 0 Å². The van der Waals surface area contributed by atoms with E-state index in [9.17, 15) is 28.8 Å². The van der Waals surface area contributed by atoms with Gasteiger partial charge in [-0.15, -0.1) is 0 Å².